The summed E-state index contributed by atoms with van der Waals surface area (Å²) < 4.78 is 23.6. The molecular weight excluding hydrogens is 269 g/mol. The summed E-state index contributed by atoms with van der Waals surface area (Å²) in [5, 5.41) is 3.89. The number of ether oxygens (including phenoxy) is 2. The summed E-state index contributed by atoms with van der Waals surface area (Å²) in [5.74, 6) is -0.269. The van der Waals surface area contributed by atoms with Crippen LogP contribution in [-0.2, 0) is 15.9 Å². The first kappa shape index (κ1) is 16.4. The van der Waals surface area contributed by atoms with Crippen LogP contribution in [0.25, 0.3) is 0 Å². The van der Waals surface area contributed by atoms with Crippen LogP contribution in [0.2, 0.25) is 5.02 Å². The third kappa shape index (κ3) is 6.34. The number of likely N-dealkylation sites (N-methyl/N-ethyl adjacent to an activating group) is 1. The van der Waals surface area contributed by atoms with Gasteiger partial charge in [-0.1, -0.05) is 18.5 Å². The van der Waals surface area contributed by atoms with Gasteiger partial charge in [0.05, 0.1) is 19.8 Å². The largest absolute Gasteiger partial charge is 0.382 e. The molecule has 5 heteroatoms. The Morgan fingerprint density at radius 1 is 1.37 bits per heavy atom. The lowest BCUT2D eigenvalue weighted by molar-refractivity contribution is 0.0589. The van der Waals surface area contributed by atoms with E-state index in [-0.39, 0.29) is 11.9 Å². The highest BCUT2D eigenvalue weighted by atomic mass is 35.5. The number of halogens is 2. The van der Waals surface area contributed by atoms with Crippen LogP contribution in [0.4, 0.5) is 4.39 Å². The quantitative estimate of drug-likeness (QED) is 0.709. The summed E-state index contributed by atoms with van der Waals surface area (Å²) in [6.45, 7) is 4.51. The SMILES string of the molecule is CCNC(COCCOC)Cc1cc(F)ccc1Cl. The summed E-state index contributed by atoms with van der Waals surface area (Å²) in [4.78, 5) is 0. The number of hydrogen-bond acceptors (Lipinski definition) is 3. The summed E-state index contributed by atoms with van der Waals surface area (Å²) in [6, 6.07) is 4.53. The van der Waals surface area contributed by atoms with E-state index in [0.29, 0.717) is 31.3 Å². The van der Waals surface area contributed by atoms with E-state index in [4.69, 9.17) is 21.1 Å². The molecule has 1 N–H and O–H groups in total. The van der Waals surface area contributed by atoms with E-state index >= 15 is 0 Å². The smallest absolute Gasteiger partial charge is 0.123 e. The van der Waals surface area contributed by atoms with Gasteiger partial charge in [0.2, 0.25) is 0 Å². The number of rotatable bonds is 9. The van der Waals surface area contributed by atoms with Gasteiger partial charge < -0.3 is 14.8 Å². The summed E-state index contributed by atoms with van der Waals surface area (Å²) in [5.41, 5.74) is 0.794. The average Bonchev–Trinajstić information content (AvgIpc) is 2.39. The van der Waals surface area contributed by atoms with Crippen LogP contribution in [0.1, 0.15) is 12.5 Å². The van der Waals surface area contributed by atoms with Gasteiger partial charge in [0.15, 0.2) is 0 Å². The lowest BCUT2D eigenvalue weighted by Gasteiger charge is -2.18. The predicted molar refractivity (Wildman–Crippen MR) is 75.3 cm³/mol. The third-order valence-electron chi connectivity index (χ3n) is 2.72. The molecule has 0 heterocycles. The van der Waals surface area contributed by atoms with Gasteiger partial charge in [-0.25, -0.2) is 4.39 Å². The van der Waals surface area contributed by atoms with E-state index in [2.05, 4.69) is 5.32 Å². The minimum Gasteiger partial charge on any atom is -0.382 e. The Morgan fingerprint density at radius 3 is 2.84 bits per heavy atom. The zero-order chi connectivity index (χ0) is 14.1. The van der Waals surface area contributed by atoms with Crippen LogP contribution in [-0.4, -0.2) is 39.5 Å². The monoisotopic (exact) mass is 289 g/mol. The van der Waals surface area contributed by atoms with Gasteiger partial charge in [0.1, 0.15) is 5.82 Å². The van der Waals surface area contributed by atoms with E-state index < -0.39 is 0 Å². The van der Waals surface area contributed by atoms with Crippen molar-refractivity contribution in [2.24, 2.45) is 0 Å². The van der Waals surface area contributed by atoms with Crippen molar-refractivity contribution in [3.05, 3.63) is 34.6 Å². The Hall–Kier alpha value is -0.680. The molecule has 108 valence electrons. The van der Waals surface area contributed by atoms with Crippen molar-refractivity contribution in [3.8, 4) is 0 Å². The fourth-order valence-corrected chi connectivity index (χ4v) is 2.01. The van der Waals surface area contributed by atoms with Crippen LogP contribution in [0, 0.1) is 5.82 Å². The molecule has 0 radical (unpaired) electrons. The molecule has 0 bridgehead atoms. The van der Waals surface area contributed by atoms with Crippen molar-refractivity contribution in [3.63, 3.8) is 0 Å². The molecule has 0 aromatic heterocycles. The van der Waals surface area contributed by atoms with E-state index in [0.717, 1.165) is 12.1 Å². The van der Waals surface area contributed by atoms with Gasteiger partial charge in [-0.15, -0.1) is 0 Å². The molecule has 1 atom stereocenters. The molecule has 19 heavy (non-hydrogen) atoms. The fraction of sp³-hybridized carbons (Fsp3) is 0.571. The molecule has 1 aromatic rings. The van der Waals surface area contributed by atoms with Crippen LogP contribution >= 0.6 is 11.6 Å². The number of nitrogens with one attached hydrogen (secondary N) is 1. The molecule has 0 amide bonds. The number of benzene rings is 1. The lowest BCUT2D eigenvalue weighted by Crippen LogP contribution is -2.35. The van der Waals surface area contributed by atoms with Crippen LogP contribution in [0.5, 0.6) is 0 Å². The van der Waals surface area contributed by atoms with E-state index in [9.17, 15) is 4.39 Å². The average molecular weight is 290 g/mol. The van der Waals surface area contributed by atoms with E-state index in [1.807, 2.05) is 6.92 Å². The molecule has 1 rings (SSSR count). The van der Waals surface area contributed by atoms with E-state index in [1.54, 1.807) is 13.2 Å². The molecular formula is C14H21ClFNO2. The standard InChI is InChI=1S/C14H21ClFNO2/c1-3-17-13(10-19-7-6-18-2)9-11-8-12(16)4-5-14(11)15/h4-5,8,13,17H,3,6-7,9-10H2,1-2H3. The van der Waals surface area contributed by atoms with Crippen molar-refractivity contribution in [1.29, 1.82) is 0 Å². The predicted octanol–water partition coefficient (Wildman–Crippen LogP) is 2.66. The van der Waals surface area contributed by atoms with Crippen LogP contribution in [0.15, 0.2) is 18.2 Å². The van der Waals surface area contributed by atoms with Crippen molar-refractivity contribution in [2.75, 3.05) is 33.5 Å². The minimum atomic E-state index is -0.269. The molecule has 1 aromatic carbocycles. The number of methoxy groups -OCH3 is 1. The Bertz CT molecular complexity index is 376. The molecule has 0 aliphatic carbocycles. The minimum absolute atomic E-state index is 0.112. The summed E-state index contributed by atoms with van der Waals surface area (Å²) in [6.07, 6.45) is 0.636. The number of hydrogen-bond donors (Lipinski definition) is 1. The summed E-state index contributed by atoms with van der Waals surface area (Å²) in [7, 11) is 1.64. The van der Waals surface area contributed by atoms with Crippen molar-refractivity contribution >= 4 is 11.6 Å². The zero-order valence-corrected chi connectivity index (χ0v) is 12.2. The van der Waals surface area contributed by atoms with Gasteiger partial charge >= 0.3 is 0 Å². The maximum absolute atomic E-state index is 13.2. The van der Waals surface area contributed by atoms with Crippen molar-refractivity contribution < 1.29 is 13.9 Å². The Morgan fingerprint density at radius 2 is 2.16 bits per heavy atom. The lowest BCUT2D eigenvalue weighted by atomic mass is 10.1. The van der Waals surface area contributed by atoms with Crippen molar-refractivity contribution in [2.45, 2.75) is 19.4 Å². The molecule has 0 spiro atoms. The first-order valence-electron chi connectivity index (χ1n) is 6.41. The second-order valence-corrected chi connectivity index (χ2v) is 4.67. The second kappa shape index (κ2) is 9.26. The van der Waals surface area contributed by atoms with Gasteiger partial charge in [0, 0.05) is 18.2 Å². The maximum Gasteiger partial charge on any atom is 0.123 e. The molecule has 0 aliphatic heterocycles. The van der Waals surface area contributed by atoms with Gasteiger partial charge in [0.25, 0.3) is 0 Å². The molecule has 0 fully saturated rings. The third-order valence-corrected chi connectivity index (χ3v) is 3.09. The zero-order valence-electron chi connectivity index (χ0n) is 11.4. The van der Waals surface area contributed by atoms with Crippen molar-refractivity contribution in [1.82, 2.24) is 5.32 Å². The second-order valence-electron chi connectivity index (χ2n) is 4.26. The Kier molecular flexibility index (Phi) is 7.98. The topological polar surface area (TPSA) is 30.5 Å². The van der Waals surface area contributed by atoms with E-state index in [1.165, 1.54) is 12.1 Å². The Labute approximate surface area is 119 Å². The molecule has 0 saturated heterocycles. The fourth-order valence-electron chi connectivity index (χ4n) is 1.81. The molecule has 3 nitrogen and oxygen atoms in total. The molecule has 0 saturated carbocycles. The molecule has 1 unspecified atom stereocenters. The highest BCUT2D eigenvalue weighted by Crippen LogP contribution is 2.18. The van der Waals surface area contributed by atoms with Crippen LogP contribution < -0.4 is 5.32 Å². The van der Waals surface area contributed by atoms with Crippen LogP contribution in [0.3, 0.4) is 0 Å². The first-order valence-corrected chi connectivity index (χ1v) is 6.79. The van der Waals surface area contributed by atoms with Gasteiger partial charge in [-0.2, -0.15) is 0 Å². The summed E-state index contributed by atoms with van der Waals surface area (Å²) >= 11 is 6.07. The highest BCUT2D eigenvalue weighted by Gasteiger charge is 2.11. The normalized spacial score (nSPS) is 12.6. The Balaban J connectivity index is 2.54. The highest BCUT2D eigenvalue weighted by molar-refractivity contribution is 6.31. The molecule has 0 aliphatic rings. The maximum atomic E-state index is 13.2. The van der Waals surface area contributed by atoms with Gasteiger partial charge in [-0.05, 0) is 36.7 Å². The first-order chi connectivity index (χ1) is 9.17. The van der Waals surface area contributed by atoms with Gasteiger partial charge in [-0.3, -0.25) is 0 Å².